The zero-order valence-electron chi connectivity index (χ0n) is 15.1. The van der Waals surface area contributed by atoms with Crippen LogP contribution in [0, 0.1) is 5.92 Å². The van der Waals surface area contributed by atoms with Crippen LogP contribution in [0.5, 0.6) is 0 Å². The van der Waals surface area contributed by atoms with Crippen molar-refractivity contribution in [1.82, 2.24) is 10.2 Å². The maximum atomic E-state index is 12.6. The smallest absolute Gasteiger partial charge is 0.317 e. The Morgan fingerprint density at radius 1 is 1.08 bits per heavy atom. The van der Waals surface area contributed by atoms with E-state index in [0.717, 1.165) is 18.4 Å². The molecule has 0 aliphatic heterocycles. The van der Waals surface area contributed by atoms with Crippen molar-refractivity contribution in [2.75, 3.05) is 6.54 Å². The number of hydrogen-bond donors (Lipinski definition) is 2. The number of benzene rings is 2. The van der Waals surface area contributed by atoms with Crippen LogP contribution < -0.4 is 5.32 Å². The molecule has 5 heteroatoms. The zero-order valence-corrected chi connectivity index (χ0v) is 15.1. The van der Waals surface area contributed by atoms with E-state index in [-0.39, 0.29) is 18.0 Å². The summed E-state index contributed by atoms with van der Waals surface area (Å²) in [5.74, 6) is -0.982. The van der Waals surface area contributed by atoms with Crippen LogP contribution in [0.2, 0.25) is 0 Å². The van der Waals surface area contributed by atoms with Gasteiger partial charge in [0, 0.05) is 19.1 Å². The van der Waals surface area contributed by atoms with E-state index < -0.39 is 5.97 Å². The van der Waals surface area contributed by atoms with E-state index in [2.05, 4.69) is 35.6 Å². The average Bonchev–Trinajstić information content (AvgIpc) is 2.66. The van der Waals surface area contributed by atoms with Crippen LogP contribution >= 0.6 is 0 Å². The minimum atomic E-state index is -0.721. The lowest BCUT2D eigenvalue weighted by Crippen LogP contribution is -2.46. The summed E-state index contributed by atoms with van der Waals surface area (Å²) < 4.78 is 0. The summed E-state index contributed by atoms with van der Waals surface area (Å²) >= 11 is 0. The Labute approximate surface area is 154 Å². The Kier molecular flexibility index (Phi) is 5.76. The molecule has 5 nitrogen and oxygen atoms in total. The third-order valence-corrected chi connectivity index (χ3v) is 5.26. The summed E-state index contributed by atoms with van der Waals surface area (Å²) in [6, 6.07) is 14.5. The van der Waals surface area contributed by atoms with Crippen molar-refractivity contribution in [3.63, 3.8) is 0 Å². The molecule has 0 unspecified atom stereocenters. The SMILES string of the molecule is CCN(Cc1ccc2ccccc2c1)C(=O)NC1CCC(C(=O)O)CC1. The number of rotatable bonds is 5. The Bertz CT molecular complexity index is 782. The van der Waals surface area contributed by atoms with Gasteiger partial charge in [-0.1, -0.05) is 36.4 Å². The van der Waals surface area contributed by atoms with Gasteiger partial charge in [-0.3, -0.25) is 4.79 Å². The van der Waals surface area contributed by atoms with E-state index in [1.54, 1.807) is 4.90 Å². The molecule has 1 aliphatic carbocycles. The van der Waals surface area contributed by atoms with Crippen LogP contribution in [0.4, 0.5) is 4.79 Å². The molecule has 1 saturated carbocycles. The lowest BCUT2D eigenvalue weighted by atomic mass is 9.86. The summed E-state index contributed by atoms with van der Waals surface area (Å²) in [4.78, 5) is 25.5. The van der Waals surface area contributed by atoms with Crippen LogP contribution in [0.3, 0.4) is 0 Å². The van der Waals surface area contributed by atoms with Crippen molar-refractivity contribution in [2.45, 2.75) is 45.2 Å². The van der Waals surface area contributed by atoms with E-state index in [9.17, 15) is 9.59 Å². The predicted molar refractivity (Wildman–Crippen MR) is 102 cm³/mol. The third-order valence-electron chi connectivity index (χ3n) is 5.26. The summed E-state index contributed by atoms with van der Waals surface area (Å²) in [6.45, 7) is 3.17. The normalized spacial score (nSPS) is 19.9. The fraction of sp³-hybridized carbons (Fsp3) is 0.429. The van der Waals surface area contributed by atoms with Crippen LogP contribution in [0.1, 0.15) is 38.2 Å². The summed E-state index contributed by atoms with van der Waals surface area (Å²) in [5.41, 5.74) is 1.11. The lowest BCUT2D eigenvalue weighted by Gasteiger charge is -2.30. The molecule has 26 heavy (non-hydrogen) atoms. The standard InChI is InChI=1S/C21H26N2O3/c1-2-23(14-15-7-8-16-5-3-4-6-18(16)13-15)21(26)22-19-11-9-17(10-12-19)20(24)25/h3-8,13,17,19H,2,9-12,14H2,1H3,(H,22,26)(H,24,25). The number of carbonyl (C=O) groups excluding carboxylic acids is 1. The molecule has 0 saturated heterocycles. The summed E-state index contributed by atoms with van der Waals surface area (Å²) in [7, 11) is 0. The van der Waals surface area contributed by atoms with Crippen molar-refractivity contribution in [3.05, 3.63) is 48.0 Å². The molecule has 1 fully saturated rings. The molecule has 0 radical (unpaired) electrons. The Balaban J connectivity index is 1.59. The molecule has 2 amide bonds. The van der Waals surface area contributed by atoms with E-state index in [1.807, 2.05) is 19.1 Å². The average molecular weight is 354 g/mol. The van der Waals surface area contributed by atoms with Gasteiger partial charge < -0.3 is 15.3 Å². The van der Waals surface area contributed by atoms with Gasteiger partial charge >= 0.3 is 12.0 Å². The van der Waals surface area contributed by atoms with Crippen molar-refractivity contribution < 1.29 is 14.7 Å². The maximum absolute atomic E-state index is 12.6. The molecule has 0 aromatic heterocycles. The number of carboxylic acid groups (broad SMARTS) is 1. The number of aliphatic carboxylic acids is 1. The number of carbonyl (C=O) groups is 2. The number of urea groups is 1. The van der Waals surface area contributed by atoms with Crippen LogP contribution in [0.25, 0.3) is 10.8 Å². The van der Waals surface area contributed by atoms with Crippen LogP contribution in [-0.2, 0) is 11.3 Å². The second-order valence-corrected chi connectivity index (χ2v) is 7.03. The molecule has 1 aliphatic rings. The van der Waals surface area contributed by atoms with Gasteiger partial charge in [0.2, 0.25) is 0 Å². The van der Waals surface area contributed by atoms with E-state index in [1.165, 1.54) is 10.8 Å². The highest BCUT2D eigenvalue weighted by molar-refractivity contribution is 5.83. The molecule has 0 bridgehead atoms. The van der Waals surface area contributed by atoms with Gasteiger partial charge in [0.15, 0.2) is 0 Å². The number of hydrogen-bond acceptors (Lipinski definition) is 2. The minimum absolute atomic E-state index is 0.0700. The van der Waals surface area contributed by atoms with E-state index >= 15 is 0 Å². The topological polar surface area (TPSA) is 69.6 Å². The van der Waals surface area contributed by atoms with Gasteiger partial charge in [0.25, 0.3) is 0 Å². The van der Waals surface area contributed by atoms with Gasteiger partial charge in [-0.05, 0) is 55.0 Å². The van der Waals surface area contributed by atoms with Crippen molar-refractivity contribution in [1.29, 1.82) is 0 Å². The summed E-state index contributed by atoms with van der Waals surface area (Å²) in [5, 5.41) is 14.5. The van der Waals surface area contributed by atoms with Crippen molar-refractivity contribution in [3.8, 4) is 0 Å². The fourth-order valence-electron chi connectivity index (χ4n) is 3.64. The predicted octanol–water partition coefficient (Wildman–Crippen LogP) is 4.01. The molecule has 2 aromatic carbocycles. The van der Waals surface area contributed by atoms with Gasteiger partial charge in [0.05, 0.1) is 5.92 Å². The van der Waals surface area contributed by atoms with Crippen molar-refractivity contribution in [2.24, 2.45) is 5.92 Å². The number of nitrogens with one attached hydrogen (secondary N) is 1. The highest BCUT2D eigenvalue weighted by Gasteiger charge is 2.27. The molecule has 0 heterocycles. The van der Waals surface area contributed by atoms with Gasteiger partial charge in [0.1, 0.15) is 0 Å². The number of nitrogens with zero attached hydrogens (tertiary/aromatic N) is 1. The van der Waals surface area contributed by atoms with Gasteiger partial charge in [-0.25, -0.2) is 4.79 Å². The first-order valence-corrected chi connectivity index (χ1v) is 9.32. The molecule has 2 aromatic rings. The highest BCUT2D eigenvalue weighted by Crippen LogP contribution is 2.24. The monoisotopic (exact) mass is 354 g/mol. The molecular weight excluding hydrogens is 328 g/mol. The number of fused-ring (bicyclic) bond motifs is 1. The molecular formula is C21H26N2O3. The van der Waals surface area contributed by atoms with Crippen LogP contribution in [-0.4, -0.2) is 34.6 Å². The zero-order chi connectivity index (χ0) is 18.5. The Morgan fingerprint density at radius 2 is 1.77 bits per heavy atom. The first-order chi connectivity index (χ1) is 12.6. The number of amides is 2. The minimum Gasteiger partial charge on any atom is -0.481 e. The summed E-state index contributed by atoms with van der Waals surface area (Å²) in [6.07, 6.45) is 2.74. The Hall–Kier alpha value is -2.56. The van der Waals surface area contributed by atoms with Crippen molar-refractivity contribution >= 4 is 22.8 Å². The number of carboxylic acids is 1. The highest BCUT2D eigenvalue weighted by atomic mass is 16.4. The third kappa shape index (κ3) is 4.34. The fourth-order valence-corrected chi connectivity index (χ4v) is 3.64. The second kappa shape index (κ2) is 8.21. The maximum Gasteiger partial charge on any atom is 0.317 e. The quantitative estimate of drug-likeness (QED) is 0.852. The molecule has 138 valence electrons. The van der Waals surface area contributed by atoms with Gasteiger partial charge in [-0.2, -0.15) is 0 Å². The molecule has 0 spiro atoms. The molecule has 2 N–H and O–H groups in total. The van der Waals surface area contributed by atoms with Gasteiger partial charge in [-0.15, -0.1) is 0 Å². The lowest BCUT2D eigenvalue weighted by molar-refractivity contribution is -0.142. The largest absolute Gasteiger partial charge is 0.481 e. The Morgan fingerprint density at radius 3 is 2.42 bits per heavy atom. The van der Waals surface area contributed by atoms with Crippen LogP contribution in [0.15, 0.2) is 42.5 Å². The molecule has 3 rings (SSSR count). The first-order valence-electron chi connectivity index (χ1n) is 9.32. The van der Waals surface area contributed by atoms with E-state index in [0.29, 0.717) is 25.9 Å². The molecule has 0 atom stereocenters. The first kappa shape index (κ1) is 18.2. The second-order valence-electron chi connectivity index (χ2n) is 7.03. The van der Waals surface area contributed by atoms with E-state index in [4.69, 9.17) is 5.11 Å².